The van der Waals surface area contributed by atoms with Crippen LogP contribution in [0.4, 0.5) is 0 Å². The van der Waals surface area contributed by atoms with Crippen LogP contribution in [0.2, 0.25) is 0 Å². The summed E-state index contributed by atoms with van der Waals surface area (Å²) < 4.78 is 1.64. The van der Waals surface area contributed by atoms with Gasteiger partial charge in [0.05, 0.1) is 12.5 Å². The molecule has 0 aliphatic carbocycles. The molecule has 1 aromatic carbocycles. The van der Waals surface area contributed by atoms with Gasteiger partial charge < -0.3 is 5.32 Å². The van der Waals surface area contributed by atoms with Gasteiger partial charge in [-0.25, -0.2) is 9.50 Å². The lowest BCUT2D eigenvalue weighted by atomic mass is 9.94. The molecule has 3 rings (SSSR count). The Morgan fingerprint density at radius 1 is 1.21 bits per heavy atom. The topological polar surface area (TPSA) is 79.3 Å². The maximum Gasteiger partial charge on any atom is 0.266 e. The van der Waals surface area contributed by atoms with Crippen LogP contribution in [-0.2, 0) is 17.6 Å². The van der Waals surface area contributed by atoms with E-state index >= 15 is 0 Å². The monoisotopic (exact) mass is 380 g/mol. The van der Waals surface area contributed by atoms with Crippen molar-refractivity contribution in [1.29, 1.82) is 0 Å². The average molecular weight is 380 g/mol. The number of hydrogen-bond donors (Lipinski definition) is 2. The van der Waals surface area contributed by atoms with Crippen molar-refractivity contribution in [3.8, 4) is 0 Å². The molecule has 2 N–H and O–H groups in total. The molecular formula is C22H28N4O2. The van der Waals surface area contributed by atoms with Gasteiger partial charge in [0.15, 0.2) is 5.65 Å². The highest BCUT2D eigenvalue weighted by molar-refractivity contribution is 5.79. The molecule has 0 saturated heterocycles. The molecule has 0 aliphatic heterocycles. The van der Waals surface area contributed by atoms with E-state index in [4.69, 9.17) is 0 Å². The molecule has 0 radical (unpaired) electrons. The molecule has 0 fully saturated rings. The Balaban J connectivity index is 1.83. The number of carbonyl (C=O) groups is 1. The minimum atomic E-state index is -0.202. The minimum absolute atomic E-state index is 0.0536. The van der Waals surface area contributed by atoms with Gasteiger partial charge >= 0.3 is 0 Å². The van der Waals surface area contributed by atoms with Gasteiger partial charge in [0.1, 0.15) is 0 Å². The van der Waals surface area contributed by atoms with E-state index in [0.29, 0.717) is 5.65 Å². The van der Waals surface area contributed by atoms with Gasteiger partial charge in [-0.05, 0) is 37.3 Å². The summed E-state index contributed by atoms with van der Waals surface area (Å²) in [5.41, 5.74) is 5.18. The first-order chi connectivity index (χ1) is 13.3. The molecule has 28 heavy (non-hydrogen) atoms. The summed E-state index contributed by atoms with van der Waals surface area (Å²) in [7, 11) is 0. The van der Waals surface area contributed by atoms with Crippen LogP contribution in [0.5, 0.6) is 0 Å². The zero-order chi connectivity index (χ0) is 20.4. The van der Waals surface area contributed by atoms with E-state index in [1.165, 1.54) is 11.6 Å². The second kappa shape index (κ2) is 8.00. The third kappa shape index (κ3) is 4.01. The van der Waals surface area contributed by atoms with Crippen LogP contribution in [0, 0.1) is 19.8 Å². The van der Waals surface area contributed by atoms with E-state index in [9.17, 15) is 9.59 Å². The molecule has 6 heteroatoms. The van der Waals surface area contributed by atoms with Gasteiger partial charge in [0, 0.05) is 23.0 Å². The van der Waals surface area contributed by atoms with E-state index in [-0.39, 0.29) is 29.8 Å². The number of carbonyl (C=O) groups excluding carboxylic acids is 1. The number of fused-ring (bicyclic) bond motifs is 1. The maximum atomic E-state index is 12.8. The van der Waals surface area contributed by atoms with Gasteiger partial charge in [-0.3, -0.25) is 14.7 Å². The molecular weight excluding hydrogens is 352 g/mol. The molecule has 0 aliphatic rings. The molecule has 1 amide bonds. The predicted octanol–water partition coefficient (Wildman–Crippen LogP) is 3.26. The minimum Gasteiger partial charge on any atom is -0.349 e. The van der Waals surface area contributed by atoms with Crippen LogP contribution in [0.1, 0.15) is 54.9 Å². The number of aryl methyl sites for hydroxylation is 3. The Hall–Kier alpha value is -2.89. The smallest absolute Gasteiger partial charge is 0.266 e. The summed E-state index contributed by atoms with van der Waals surface area (Å²) in [4.78, 5) is 28.9. The molecule has 0 spiro atoms. The summed E-state index contributed by atoms with van der Waals surface area (Å²) in [6.07, 6.45) is 1.21. The summed E-state index contributed by atoms with van der Waals surface area (Å²) >= 11 is 0. The number of aromatic nitrogens is 3. The Labute approximate surface area is 165 Å². The fourth-order valence-electron chi connectivity index (χ4n) is 3.59. The summed E-state index contributed by atoms with van der Waals surface area (Å²) in [5.74, 6) is 0.208. The lowest BCUT2D eigenvalue weighted by molar-refractivity contribution is -0.121. The number of nitrogens with zero attached hydrogens (tertiary/aromatic N) is 2. The first-order valence-electron chi connectivity index (χ1n) is 9.76. The first kappa shape index (κ1) is 19.9. The van der Waals surface area contributed by atoms with Gasteiger partial charge in [0.25, 0.3) is 5.56 Å². The standard InChI is InChI=1S/C22H28N4O2/c1-6-16-7-9-17(10-8-16)22(13(2)3)24-20(27)11-18-14(4)23-19-12-21(28)25-26(19)15(18)5/h7-10,12-13,22H,6,11H2,1-5H3,(H,24,27)(H,25,28). The van der Waals surface area contributed by atoms with Crippen LogP contribution in [0.3, 0.4) is 0 Å². The van der Waals surface area contributed by atoms with Crippen molar-refractivity contribution in [2.24, 2.45) is 5.92 Å². The van der Waals surface area contributed by atoms with Gasteiger partial charge in [-0.15, -0.1) is 0 Å². The normalized spacial score (nSPS) is 12.5. The summed E-state index contributed by atoms with van der Waals surface area (Å²) in [5, 5.41) is 5.91. The van der Waals surface area contributed by atoms with E-state index < -0.39 is 0 Å². The van der Waals surface area contributed by atoms with Crippen LogP contribution < -0.4 is 10.9 Å². The van der Waals surface area contributed by atoms with E-state index in [0.717, 1.165) is 28.9 Å². The highest BCUT2D eigenvalue weighted by atomic mass is 16.1. The lowest BCUT2D eigenvalue weighted by Crippen LogP contribution is -2.33. The quantitative estimate of drug-likeness (QED) is 0.689. The number of rotatable bonds is 6. The number of benzene rings is 1. The Bertz CT molecular complexity index is 1040. The fourth-order valence-corrected chi connectivity index (χ4v) is 3.59. The zero-order valence-corrected chi connectivity index (χ0v) is 17.2. The molecule has 2 heterocycles. The van der Waals surface area contributed by atoms with Gasteiger partial charge in [-0.1, -0.05) is 45.0 Å². The third-order valence-corrected chi connectivity index (χ3v) is 5.27. The van der Waals surface area contributed by atoms with Crippen LogP contribution in [-0.4, -0.2) is 20.5 Å². The number of amides is 1. The van der Waals surface area contributed by atoms with Gasteiger partial charge in [-0.2, -0.15) is 0 Å². The number of aromatic amines is 1. The van der Waals surface area contributed by atoms with E-state index in [1.807, 2.05) is 13.8 Å². The van der Waals surface area contributed by atoms with Crippen molar-refractivity contribution in [2.75, 3.05) is 0 Å². The molecule has 1 unspecified atom stereocenters. The molecule has 2 aromatic heterocycles. The Morgan fingerprint density at radius 2 is 1.89 bits per heavy atom. The lowest BCUT2D eigenvalue weighted by Gasteiger charge is -2.23. The molecule has 148 valence electrons. The number of nitrogens with one attached hydrogen (secondary N) is 2. The van der Waals surface area contributed by atoms with Crippen LogP contribution in [0.25, 0.3) is 5.65 Å². The maximum absolute atomic E-state index is 12.8. The zero-order valence-electron chi connectivity index (χ0n) is 17.2. The molecule has 3 aromatic rings. The highest BCUT2D eigenvalue weighted by Gasteiger charge is 2.20. The second-order valence-corrected chi connectivity index (χ2v) is 7.64. The Kier molecular flexibility index (Phi) is 5.68. The molecule has 1 atom stereocenters. The van der Waals surface area contributed by atoms with Crippen molar-refractivity contribution in [3.63, 3.8) is 0 Å². The summed E-state index contributed by atoms with van der Waals surface area (Å²) in [6.45, 7) is 10.1. The van der Waals surface area contributed by atoms with Crippen molar-refractivity contribution in [1.82, 2.24) is 19.9 Å². The molecule has 0 bridgehead atoms. The fraction of sp³-hybridized carbons (Fsp3) is 0.409. The van der Waals surface area contributed by atoms with Crippen molar-refractivity contribution < 1.29 is 4.79 Å². The van der Waals surface area contributed by atoms with Crippen molar-refractivity contribution in [3.05, 3.63) is 68.8 Å². The van der Waals surface area contributed by atoms with Gasteiger partial charge in [0.2, 0.25) is 5.91 Å². The summed E-state index contributed by atoms with van der Waals surface area (Å²) in [6, 6.07) is 9.83. The highest BCUT2D eigenvalue weighted by Crippen LogP contribution is 2.23. The largest absolute Gasteiger partial charge is 0.349 e. The van der Waals surface area contributed by atoms with E-state index in [1.54, 1.807) is 4.52 Å². The average Bonchev–Trinajstić information content (AvgIpc) is 3.03. The third-order valence-electron chi connectivity index (χ3n) is 5.27. The Morgan fingerprint density at radius 3 is 2.50 bits per heavy atom. The first-order valence-corrected chi connectivity index (χ1v) is 9.76. The van der Waals surface area contributed by atoms with Crippen molar-refractivity contribution in [2.45, 2.75) is 53.5 Å². The van der Waals surface area contributed by atoms with Crippen molar-refractivity contribution >= 4 is 11.6 Å². The van der Waals surface area contributed by atoms with Crippen LogP contribution in [0.15, 0.2) is 35.1 Å². The number of H-pyrrole nitrogens is 1. The van der Waals surface area contributed by atoms with Crippen LogP contribution >= 0.6 is 0 Å². The predicted molar refractivity (Wildman–Crippen MR) is 111 cm³/mol. The second-order valence-electron chi connectivity index (χ2n) is 7.64. The number of hydrogen-bond acceptors (Lipinski definition) is 3. The molecule has 0 saturated carbocycles. The molecule has 6 nitrogen and oxygen atoms in total. The SMILES string of the molecule is CCc1ccc(C(NC(=O)Cc2c(C)nc3cc(=O)[nH]n3c2C)C(C)C)cc1. The van der Waals surface area contributed by atoms with E-state index in [2.05, 4.69) is 60.4 Å².